The Hall–Kier alpha value is -1.04. The van der Waals surface area contributed by atoms with Crippen molar-refractivity contribution in [3.63, 3.8) is 0 Å². The third kappa shape index (κ3) is 2.85. The molecule has 1 aliphatic rings. The molecular formula is C13H18F2N2O. The molecule has 1 heterocycles. The minimum atomic E-state index is -0.422. The molecular weight excluding hydrogens is 238 g/mol. The van der Waals surface area contributed by atoms with Gasteiger partial charge < -0.3 is 10.5 Å². The maximum Gasteiger partial charge on any atom is 0.126 e. The second-order valence-electron chi connectivity index (χ2n) is 4.69. The first-order chi connectivity index (χ1) is 8.61. The number of hydrogen-bond acceptors (Lipinski definition) is 3. The van der Waals surface area contributed by atoms with Crippen LogP contribution in [0.4, 0.5) is 8.78 Å². The minimum Gasteiger partial charge on any atom is -0.383 e. The van der Waals surface area contributed by atoms with Crippen molar-refractivity contribution in [3.05, 3.63) is 35.4 Å². The molecule has 0 saturated carbocycles. The van der Waals surface area contributed by atoms with Crippen LogP contribution >= 0.6 is 0 Å². The van der Waals surface area contributed by atoms with E-state index in [2.05, 4.69) is 4.90 Å². The molecule has 1 aromatic rings. The molecule has 0 amide bonds. The van der Waals surface area contributed by atoms with E-state index in [0.717, 1.165) is 18.7 Å². The van der Waals surface area contributed by atoms with Crippen LogP contribution in [0.15, 0.2) is 18.2 Å². The van der Waals surface area contributed by atoms with E-state index in [-0.39, 0.29) is 17.8 Å². The lowest BCUT2D eigenvalue weighted by molar-refractivity contribution is 0.159. The Morgan fingerprint density at radius 2 is 2.17 bits per heavy atom. The lowest BCUT2D eigenvalue weighted by Crippen LogP contribution is -2.30. The zero-order valence-corrected chi connectivity index (χ0v) is 10.4. The number of hydrogen-bond donors (Lipinski definition) is 1. The molecule has 0 radical (unpaired) electrons. The van der Waals surface area contributed by atoms with Crippen LogP contribution < -0.4 is 5.73 Å². The number of benzene rings is 1. The second kappa shape index (κ2) is 5.73. The molecule has 1 fully saturated rings. The van der Waals surface area contributed by atoms with Crippen molar-refractivity contribution in [2.45, 2.75) is 12.0 Å². The Kier molecular flexibility index (Phi) is 4.27. The Bertz CT molecular complexity index is 414. The van der Waals surface area contributed by atoms with E-state index < -0.39 is 5.82 Å². The van der Waals surface area contributed by atoms with Gasteiger partial charge in [-0.05, 0) is 23.8 Å². The number of halogens is 2. The maximum absolute atomic E-state index is 13.7. The van der Waals surface area contributed by atoms with Gasteiger partial charge in [-0.15, -0.1) is 0 Å². The van der Waals surface area contributed by atoms with E-state index in [9.17, 15) is 8.78 Å². The Labute approximate surface area is 106 Å². The van der Waals surface area contributed by atoms with Crippen LogP contribution in [-0.4, -0.2) is 44.3 Å². The summed E-state index contributed by atoms with van der Waals surface area (Å²) in [4.78, 5) is 2.11. The van der Waals surface area contributed by atoms with Gasteiger partial charge in [0.1, 0.15) is 11.6 Å². The number of ether oxygens (including phenoxy) is 1. The summed E-state index contributed by atoms with van der Waals surface area (Å²) in [6.45, 7) is 2.71. The van der Waals surface area contributed by atoms with E-state index in [1.165, 1.54) is 6.07 Å². The normalized spacial score (nSPS) is 24.7. The average molecular weight is 256 g/mol. The van der Waals surface area contributed by atoms with Crippen molar-refractivity contribution in [1.29, 1.82) is 0 Å². The van der Waals surface area contributed by atoms with E-state index in [1.54, 1.807) is 7.11 Å². The smallest absolute Gasteiger partial charge is 0.126 e. The first-order valence-electron chi connectivity index (χ1n) is 6.03. The van der Waals surface area contributed by atoms with Crippen molar-refractivity contribution >= 4 is 0 Å². The molecule has 0 bridgehead atoms. The minimum absolute atomic E-state index is 0.155. The van der Waals surface area contributed by atoms with Gasteiger partial charge in [-0.1, -0.05) is 0 Å². The molecule has 18 heavy (non-hydrogen) atoms. The van der Waals surface area contributed by atoms with Gasteiger partial charge in [0, 0.05) is 38.7 Å². The summed E-state index contributed by atoms with van der Waals surface area (Å²) in [5.41, 5.74) is 6.40. The van der Waals surface area contributed by atoms with E-state index in [1.807, 2.05) is 0 Å². The van der Waals surface area contributed by atoms with Crippen molar-refractivity contribution in [3.8, 4) is 0 Å². The highest BCUT2D eigenvalue weighted by atomic mass is 19.1. The fourth-order valence-corrected chi connectivity index (χ4v) is 2.44. The summed E-state index contributed by atoms with van der Waals surface area (Å²) in [7, 11) is 1.64. The molecule has 0 spiro atoms. The van der Waals surface area contributed by atoms with Gasteiger partial charge in [-0.3, -0.25) is 4.90 Å². The summed E-state index contributed by atoms with van der Waals surface area (Å²) < 4.78 is 31.9. The quantitative estimate of drug-likeness (QED) is 0.883. The third-order valence-electron chi connectivity index (χ3n) is 3.41. The lowest BCUT2D eigenvalue weighted by Gasteiger charge is -2.16. The predicted octanol–water partition coefficient (Wildman–Crippen LogP) is 1.34. The Morgan fingerprint density at radius 1 is 1.39 bits per heavy atom. The fourth-order valence-electron chi connectivity index (χ4n) is 2.44. The molecule has 2 rings (SSSR count). The van der Waals surface area contributed by atoms with Crippen LogP contribution in [0.3, 0.4) is 0 Å². The van der Waals surface area contributed by atoms with Gasteiger partial charge >= 0.3 is 0 Å². The van der Waals surface area contributed by atoms with E-state index in [0.29, 0.717) is 25.3 Å². The topological polar surface area (TPSA) is 38.5 Å². The third-order valence-corrected chi connectivity index (χ3v) is 3.41. The van der Waals surface area contributed by atoms with Crippen molar-refractivity contribution < 1.29 is 13.5 Å². The molecule has 100 valence electrons. The largest absolute Gasteiger partial charge is 0.383 e. The van der Waals surface area contributed by atoms with Gasteiger partial charge in [0.15, 0.2) is 0 Å². The summed E-state index contributed by atoms with van der Waals surface area (Å²) in [5, 5.41) is 0. The average Bonchev–Trinajstić information content (AvgIpc) is 2.71. The Morgan fingerprint density at radius 3 is 2.89 bits per heavy atom. The standard InChI is InChI=1S/C13H18F2N2O/c1-18-5-4-17-7-11(13(16)8-17)10-6-9(14)2-3-12(10)15/h2-3,6,11,13H,4-5,7-8,16H2,1H3. The molecule has 2 N–H and O–H groups in total. The SMILES string of the molecule is COCCN1CC(N)C(c2cc(F)ccc2F)C1. The van der Waals surface area contributed by atoms with Crippen LogP contribution in [-0.2, 0) is 4.74 Å². The van der Waals surface area contributed by atoms with Crippen LogP contribution in [0.1, 0.15) is 11.5 Å². The summed E-state index contributed by atoms with van der Waals surface area (Å²) in [6, 6.07) is 3.37. The number of methoxy groups -OCH3 is 1. The molecule has 1 saturated heterocycles. The molecule has 1 aliphatic heterocycles. The summed E-state index contributed by atoms with van der Waals surface area (Å²) in [5.74, 6) is -0.961. The van der Waals surface area contributed by atoms with Gasteiger partial charge in [-0.2, -0.15) is 0 Å². The van der Waals surface area contributed by atoms with Crippen molar-refractivity contribution in [2.24, 2.45) is 5.73 Å². The first-order valence-corrected chi connectivity index (χ1v) is 6.03. The predicted molar refractivity (Wildman–Crippen MR) is 65.4 cm³/mol. The number of nitrogens with two attached hydrogens (primary N) is 1. The first kappa shape index (κ1) is 13.4. The van der Waals surface area contributed by atoms with E-state index >= 15 is 0 Å². The zero-order valence-electron chi connectivity index (χ0n) is 10.4. The number of likely N-dealkylation sites (tertiary alicyclic amines) is 1. The van der Waals surface area contributed by atoms with Crippen LogP contribution in [0.2, 0.25) is 0 Å². The van der Waals surface area contributed by atoms with Crippen molar-refractivity contribution in [1.82, 2.24) is 4.90 Å². The van der Waals surface area contributed by atoms with Gasteiger partial charge in [-0.25, -0.2) is 8.78 Å². The fraction of sp³-hybridized carbons (Fsp3) is 0.538. The monoisotopic (exact) mass is 256 g/mol. The van der Waals surface area contributed by atoms with Gasteiger partial charge in [0.25, 0.3) is 0 Å². The Balaban J connectivity index is 2.11. The number of nitrogens with zero attached hydrogens (tertiary/aromatic N) is 1. The second-order valence-corrected chi connectivity index (χ2v) is 4.69. The van der Waals surface area contributed by atoms with Crippen LogP contribution in [0.25, 0.3) is 0 Å². The summed E-state index contributed by atoms with van der Waals surface area (Å²) >= 11 is 0. The number of rotatable bonds is 4. The molecule has 0 aromatic heterocycles. The van der Waals surface area contributed by atoms with Crippen LogP contribution in [0.5, 0.6) is 0 Å². The van der Waals surface area contributed by atoms with Crippen LogP contribution in [0, 0.1) is 11.6 Å². The molecule has 5 heteroatoms. The summed E-state index contributed by atoms with van der Waals surface area (Å²) in [6.07, 6.45) is 0. The highest BCUT2D eigenvalue weighted by Crippen LogP contribution is 2.28. The lowest BCUT2D eigenvalue weighted by atomic mass is 9.94. The van der Waals surface area contributed by atoms with Gasteiger partial charge in [0.05, 0.1) is 6.61 Å². The molecule has 0 aliphatic carbocycles. The molecule has 2 unspecified atom stereocenters. The molecule has 2 atom stereocenters. The van der Waals surface area contributed by atoms with Gasteiger partial charge in [0.2, 0.25) is 0 Å². The molecule has 1 aromatic carbocycles. The van der Waals surface area contributed by atoms with E-state index in [4.69, 9.17) is 10.5 Å². The maximum atomic E-state index is 13.7. The van der Waals surface area contributed by atoms with Crippen molar-refractivity contribution in [2.75, 3.05) is 33.4 Å². The molecule has 3 nitrogen and oxygen atoms in total. The highest BCUT2D eigenvalue weighted by molar-refractivity contribution is 5.26. The zero-order chi connectivity index (χ0) is 13.1. The highest BCUT2D eigenvalue weighted by Gasteiger charge is 2.32.